The van der Waals surface area contributed by atoms with Crippen molar-refractivity contribution in [2.45, 2.75) is 50.2 Å². The Morgan fingerprint density at radius 1 is 1.33 bits per heavy atom. The topological polar surface area (TPSA) is 67.4 Å². The first-order valence-corrected chi connectivity index (χ1v) is 8.99. The lowest BCUT2D eigenvalue weighted by Crippen LogP contribution is -2.40. The number of rotatable bonds is 7. The van der Waals surface area contributed by atoms with Crippen molar-refractivity contribution in [1.82, 2.24) is 4.72 Å². The van der Waals surface area contributed by atoms with E-state index in [-0.39, 0.29) is 17.0 Å². The fourth-order valence-corrected chi connectivity index (χ4v) is 3.68. The summed E-state index contributed by atoms with van der Waals surface area (Å²) >= 11 is 0. The molecule has 0 bridgehead atoms. The number of sulfonamides is 1. The summed E-state index contributed by atoms with van der Waals surface area (Å²) in [7, 11) is -3.49. The Labute approximate surface area is 127 Å². The zero-order valence-corrected chi connectivity index (χ0v) is 13.4. The van der Waals surface area contributed by atoms with E-state index in [0.717, 1.165) is 31.5 Å². The average molecular weight is 312 g/mol. The van der Waals surface area contributed by atoms with Crippen LogP contribution in [0.4, 0.5) is 5.69 Å². The van der Waals surface area contributed by atoms with Crippen LogP contribution >= 0.6 is 0 Å². The van der Waals surface area contributed by atoms with Crippen LogP contribution in [0.25, 0.3) is 0 Å². The van der Waals surface area contributed by atoms with Gasteiger partial charge in [-0.1, -0.05) is 6.92 Å². The largest absolute Gasteiger partial charge is 0.385 e. The molecule has 0 aliphatic carbocycles. The van der Waals surface area contributed by atoms with Crippen LogP contribution in [0.3, 0.4) is 0 Å². The first-order chi connectivity index (χ1) is 10.0. The maximum Gasteiger partial charge on any atom is 0.240 e. The number of hydrogen-bond donors (Lipinski definition) is 2. The molecule has 2 rings (SSSR count). The van der Waals surface area contributed by atoms with Gasteiger partial charge in [0.25, 0.3) is 0 Å². The monoisotopic (exact) mass is 312 g/mol. The van der Waals surface area contributed by atoms with E-state index in [9.17, 15) is 8.42 Å². The molecule has 1 fully saturated rings. The smallest absolute Gasteiger partial charge is 0.240 e. The molecule has 0 radical (unpaired) electrons. The van der Waals surface area contributed by atoms with E-state index in [2.05, 4.69) is 17.0 Å². The van der Waals surface area contributed by atoms with Crippen LogP contribution in [0.5, 0.6) is 0 Å². The molecule has 0 spiro atoms. The molecule has 0 amide bonds. The first kappa shape index (κ1) is 16.3. The molecular weight excluding hydrogens is 288 g/mol. The van der Waals surface area contributed by atoms with E-state index in [0.29, 0.717) is 6.61 Å². The molecule has 2 atom stereocenters. The molecule has 118 valence electrons. The summed E-state index contributed by atoms with van der Waals surface area (Å²) in [5.41, 5.74) is 0.933. The highest BCUT2D eigenvalue weighted by molar-refractivity contribution is 7.89. The van der Waals surface area contributed by atoms with Gasteiger partial charge in [-0.3, -0.25) is 0 Å². The summed E-state index contributed by atoms with van der Waals surface area (Å²) in [6.07, 6.45) is 2.91. The van der Waals surface area contributed by atoms with Crippen LogP contribution in [0, 0.1) is 0 Å². The quantitative estimate of drug-likeness (QED) is 0.811. The van der Waals surface area contributed by atoms with Crippen molar-refractivity contribution in [2.24, 2.45) is 0 Å². The van der Waals surface area contributed by atoms with Crippen LogP contribution in [-0.2, 0) is 14.8 Å². The molecule has 1 aliphatic heterocycles. The lowest BCUT2D eigenvalue weighted by atomic mass is 10.1. The van der Waals surface area contributed by atoms with Crippen LogP contribution < -0.4 is 10.0 Å². The molecule has 0 saturated carbocycles. The fourth-order valence-electron chi connectivity index (χ4n) is 2.41. The van der Waals surface area contributed by atoms with E-state index in [1.165, 1.54) is 0 Å². The van der Waals surface area contributed by atoms with Crippen molar-refractivity contribution in [3.8, 4) is 0 Å². The Balaban J connectivity index is 2.01. The van der Waals surface area contributed by atoms with Crippen molar-refractivity contribution in [3.05, 3.63) is 24.3 Å². The predicted molar refractivity (Wildman–Crippen MR) is 84.0 cm³/mol. The minimum atomic E-state index is -3.49. The van der Waals surface area contributed by atoms with Crippen molar-refractivity contribution in [3.63, 3.8) is 0 Å². The highest BCUT2D eigenvalue weighted by Crippen LogP contribution is 2.19. The van der Waals surface area contributed by atoms with Crippen LogP contribution in [0.2, 0.25) is 0 Å². The normalized spacial score (nSPS) is 20.4. The van der Waals surface area contributed by atoms with Crippen molar-refractivity contribution in [2.75, 3.05) is 18.5 Å². The lowest BCUT2D eigenvalue weighted by molar-refractivity contribution is 0.0902. The molecule has 5 nitrogen and oxygen atoms in total. The SMILES string of the molecule is CCCNc1ccc(S(=O)(=O)NC(C)C2CCCO2)cc1. The van der Waals surface area contributed by atoms with Gasteiger partial charge in [0, 0.05) is 24.9 Å². The van der Waals surface area contributed by atoms with Crippen molar-refractivity contribution < 1.29 is 13.2 Å². The van der Waals surface area contributed by atoms with E-state index in [1.807, 2.05) is 6.92 Å². The van der Waals surface area contributed by atoms with Crippen molar-refractivity contribution >= 4 is 15.7 Å². The number of ether oxygens (including phenoxy) is 1. The molecule has 1 saturated heterocycles. The highest BCUT2D eigenvalue weighted by atomic mass is 32.2. The molecule has 6 heteroatoms. The summed E-state index contributed by atoms with van der Waals surface area (Å²) < 4.78 is 32.9. The number of anilines is 1. The average Bonchev–Trinajstić information content (AvgIpc) is 2.99. The summed E-state index contributed by atoms with van der Waals surface area (Å²) in [5.74, 6) is 0. The van der Waals surface area contributed by atoms with Gasteiger partial charge in [0.15, 0.2) is 0 Å². The fraction of sp³-hybridized carbons (Fsp3) is 0.600. The molecule has 1 aromatic carbocycles. The third-order valence-electron chi connectivity index (χ3n) is 3.61. The van der Waals surface area contributed by atoms with Gasteiger partial charge in [0.2, 0.25) is 10.0 Å². The number of benzene rings is 1. The van der Waals surface area contributed by atoms with Crippen LogP contribution in [-0.4, -0.2) is 33.7 Å². The number of hydrogen-bond acceptors (Lipinski definition) is 4. The molecule has 1 aliphatic rings. The molecule has 2 unspecified atom stereocenters. The minimum absolute atomic E-state index is 0.0229. The second kappa shape index (κ2) is 7.24. The Morgan fingerprint density at radius 2 is 2.05 bits per heavy atom. The molecule has 1 heterocycles. The number of nitrogens with one attached hydrogen (secondary N) is 2. The Hall–Kier alpha value is -1.11. The molecule has 2 N–H and O–H groups in total. The Morgan fingerprint density at radius 3 is 2.62 bits per heavy atom. The van der Waals surface area contributed by atoms with Gasteiger partial charge in [0.1, 0.15) is 0 Å². The van der Waals surface area contributed by atoms with E-state index < -0.39 is 10.0 Å². The van der Waals surface area contributed by atoms with Crippen LogP contribution in [0.15, 0.2) is 29.2 Å². The van der Waals surface area contributed by atoms with Gasteiger partial charge < -0.3 is 10.1 Å². The third-order valence-corrected chi connectivity index (χ3v) is 5.18. The zero-order chi connectivity index (χ0) is 15.3. The molecule has 0 aromatic heterocycles. The Kier molecular flexibility index (Phi) is 5.61. The lowest BCUT2D eigenvalue weighted by Gasteiger charge is -2.20. The summed E-state index contributed by atoms with van der Waals surface area (Å²) in [6, 6.07) is 6.63. The van der Waals surface area contributed by atoms with E-state index in [4.69, 9.17) is 4.74 Å². The van der Waals surface area contributed by atoms with Crippen molar-refractivity contribution in [1.29, 1.82) is 0 Å². The van der Waals surface area contributed by atoms with Gasteiger partial charge in [-0.15, -0.1) is 0 Å². The second-order valence-electron chi connectivity index (χ2n) is 5.41. The summed E-state index contributed by atoms with van der Waals surface area (Å²) in [6.45, 7) is 5.53. The zero-order valence-electron chi connectivity index (χ0n) is 12.6. The molecule has 21 heavy (non-hydrogen) atoms. The maximum absolute atomic E-state index is 12.3. The van der Waals surface area contributed by atoms with E-state index >= 15 is 0 Å². The highest BCUT2D eigenvalue weighted by Gasteiger charge is 2.26. The van der Waals surface area contributed by atoms with Gasteiger partial charge in [0.05, 0.1) is 11.0 Å². The molecule has 1 aromatic rings. The van der Waals surface area contributed by atoms with Gasteiger partial charge >= 0.3 is 0 Å². The standard InChI is InChI=1S/C15H24N2O3S/c1-3-10-16-13-6-8-14(9-7-13)21(18,19)17-12(2)15-5-4-11-20-15/h6-9,12,15-17H,3-5,10-11H2,1-2H3. The van der Waals surface area contributed by atoms with Crippen LogP contribution in [0.1, 0.15) is 33.1 Å². The van der Waals surface area contributed by atoms with E-state index in [1.54, 1.807) is 24.3 Å². The predicted octanol–water partition coefficient (Wildman–Crippen LogP) is 2.35. The summed E-state index contributed by atoms with van der Waals surface area (Å²) in [5, 5.41) is 3.22. The molecular formula is C15H24N2O3S. The second-order valence-corrected chi connectivity index (χ2v) is 7.13. The third kappa shape index (κ3) is 4.43. The summed E-state index contributed by atoms with van der Waals surface area (Å²) in [4.78, 5) is 0.286. The maximum atomic E-state index is 12.3. The van der Waals surface area contributed by atoms with Gasteiger partial charge in [-0.25, -0.2) is 13.1 Å². The minimum Gasteiger partial charge on any atom is -0.385 e. The first-order valence-electron chi connectivity index (χ1n) is 7.51. The van der Waals surface area contributed by atoms with Gasteiger partial charge in [-0.2, -0.15) is 0 Å². The Bertz CT molecular complexity index is 537. The van der Waals surface area contributed by atoms with Gasteiger partial charge in [-0.05, 0) is 50.5 Å².